The van der Waals surface area contributed by atoms with Crippen molar-refractivity contribution in [2.45, 2.75) is 6.61 Å². The lowest BCUT2D eigenvalue weighted by Crippen LogP contribution is -2.35. The van der Waals surface area contributed by atoms with Crippen molar-refractivity contribution < 1.29 is 19.1 Å². The number of benzene rings is 2. The Kier molecular flexibility index (Phi) is 7.85. The number of carbonyl (C=O) groups is 2. The monoisotopic (exact) mass is 365 g/mol. The van der Waals surface area contributed by atoms with Crippen LogP contribution in [0.4, 0.5) is 0 Å². The van der Waals surface area contributed by atoms with Crippen LogP contribution >= 0.6 is 0 Å². The normalized spacial score (nSPS) is 9.93. The van der Waals surface area contributed by atoms with Crippen molar-refractivity contribution in [3.63, 3.8) is 0 Å². The predicted molar refractivity (Wildman–Crippen MR) is 104 cm³/mol. The molecule has 2 aromatic rings. The molecule has 0 aliphatic rings. The first kappa shape index (κ1) is 20.0. The highest BCUT2D eigenvalue weighted by atomic mass is 16.5. The summed E-state index contributed by atoms with van der Waals surface area (Å²) in [4.78, 5) is 25.7. The summed E-state index contributed by atoms with van der Waals surface area (Å²) in [5.74, 6) is -0.212. The molecule has 0 unspecified atom stereocenters. The molecule has 0 aromatic heterocycles. The van der Waals surface area contributed by atoms with Crippen molar-refractivity contribution in [3.8, 4) is 5.75 Å². The van der Waals surface area contributed by atoms with Gasteiger partial charge >= 0.3 is 5.97 Å². The first-order valence-electron chi connectivity index (χ1n) is 8.57. The number of rotatable bonds is 10. The minimum absolute atomic E-state index is 0.300. The van der Waals surface area contributed by atoms with Crippen molar-refractivity contribution in [1.29, 1.82) is 0 Å². The van der Waals surface area contributed by atoms with Crippen LogP contribution in [0, 0.1) is 0 Å². The number of hydrogen-bond acceptors (Lipinski definition) is 4. The quantitative estimate of drug-likeness (QED) is 0.477. The van der Waals surface area contributed by atoms with E-state index in [4.69, 9.17) is 9.47 Å². The summed E-state index contributed by atoms with van der Waals surface area (Å²) in [6, 6.07) is 16.4. The second kappa shape index (κ2) is 10.6. The molecule has 0 N–H and O–H groups in total. The topological polar surface area (TPSA) is 55.8 Å². The first-order valence-corrected chi connectivity index (χ1v) is 8.57. The average molecular weight is 365 g/mol. The van der Waals surface area contributed by atoms with E-state index in [0.29, 0.717) is 31.0 Å². The summed E-state index contributed by atoms with van der Waals surface area (Å²) >= 11 is 0. The fourth-order valence-electron chi connectivity index (χ4n) is 2.32. The van der Waals surface area contributed by atoms with Gasteiger partial charge in [-0.1, -0.05) is 42.5 Å². The molecule has 2 rings (SSSR count). The van der Waals surface area contributed by atoms with Gasteiger partial charge in [-0.15, -0.1) is 13.2 Å². The Hall–Kier alpha value is -3.34. The zero-order valence-electron chi connectivity index (χ0n) is 15.2. The van der Waals surface area contributed by atoms with E-state index in [-0.39, 0.29) is 12.5 Å². The van der Waals surface area contributed by atoms with Crippen LogP contribution in [-0.4, -0.2) is 36.5 Å². The summed E-state index contributed by atoms with van der Waals surface area (Å²) in [5, 5.41) is 0. The molecule has 2 aromatic carbocycles. The van der Waals surface area contributed by atoms with Gasteiger partial charge in [-0.05, 0) is 29.8 Å². The zero-order chi connectivity index (χ0) is 19.5. The maximum atomic E-state index is 12.1. The van der Waals surface area contributed by atoms with Crippen molar-refractivity contribution in [3.05, 3.63) is 91.0 Å². The summed E-state index contributed by atoms with van der Waals surface area (Å²) in [6.45, 7) is 8.07. The molecule has 0 atom stereocenters. The van der Waals surface area contributed by atoms with E-state index >= 15 is 0 Å². The molecule has 0 heterocycles. The van der Waals surface area contributed by atoms with Gasteiger partial charge in [0.05, 0.1) is 5.56 Å². The number of amides is 1. The first-order chi connectivity index (χ1) is 13.1. The second-order valence-electron chi connectivity index (χ2n) is 5.75. The Bertz CT molecular complexity index is 759. The SMILES string of the molecule is C=CCN(CC=C)C(=O)COC(=O)c1ccc(OCc2ccccc2)cc1. The number of ether oxygens (including phenoxy) is 2. The van der Waals surface area contributed by atoms with Crippen molar-refractivity contribution in [2.75, 3.05) is 19.7 Å². The zero-order valence-corrected chi connectivity index (χ0v) is 15.2. The molecule has 0 fully saturated rings. The number of hydrogen-bond donors (Lipinski definition) is 0. The largest absolute Gasteiger partial charge is 0.489 e. The lowest BCUT2D eigenvalue weighted by molar-refractivity contribution is -0.133. The van der Waals surface area contributed by atoms with Gasteiger partial charge in [0, 0.05) is 13.1 Å². The highest BCUT2D eigenvalue weighted by Gasteiger charge is 2.14. The summed E-state index contributed by atoms with van der Waals surface area (Å²) in [7, 11) is 0. The minimum Gasteiger partial charge on any atom is -0.489 e. The third kappa shape index (κ3) is 6.47. The molecular formula is C22H23NO4. The lowest BCUT2D eigenvalue weighted by atomic mass is 10.2. The number of carbonyl (C=O) groups excluding carboxylic acids is 2. The molecular weight excluding hydrogens is 342 g/mol. The Labute approximate surface area is 159 Å². The van der Waals surface area contributed by atoms with Crippen LogP contribution < -0.4 is 4.74 Å². The van der Waals surface area contributed by atoms with Crippen LogP contribution in [-0.2, 0) is 16.1 Å². The summed E-state index contributed by atoms with van der Waals surface area (Å²) in [6.07, 6.45) is 3.22. The van der Waals surface area contributed by atoms with Gasteiger partial charge in [-0.3, -0.25) is 4.79 Å². The summed E-state index contributed by atoms with van der Waals surface area (Å²) < 4.78 is 10.8. The second-order valence-corrected chi connectivity index (χ2v) is 5.75. The van der Waals surface area contributed by atoms with Gasteiger partial charge in [-0.25, -0.2) is 4.79 Å². The molecule has 0 spiro atoms. The van der Waals surface area contributed by atoms with Crippen LogP contribution in [0.1, 0.15) is 15.9 Å². The third-order valence-corrected chi connectivity index (χ3v) is 3.72. The Balaban J connectivity index is 1.84. The standard InChI is InChI=1S/C22H23NO4/c1-3-14-23(15-4-2)21(24)17-27-22(25)19-10-12-20(13-11-19)26-16-18-8-6-5-7-9-18/h3-13H,1-2,14-17H2. The summed E-state index contributed by atoms with van der Waals surface area (Å²) in [5.41, 5.74) is 1.41. The van der Waals surface area contributed by atoms with E-state index < -0.39 is 5.97 Å². The fourth-order valence-corrected chi connectivity index (χ4v) is 2.32. The van der Waals surface area contributed by atoms with Crippen LogP contribution in [0.3, 0.4) is 0 Å². The third-order valence-electron chi connectivity index (χ3n) is 3.72. The van der Waals surface area contributed by atoms with Crippen LogP contribution in [0.15, 0.2) is 79.9 Å². The van der Waals surface area contributed by atoms with E-state index in [9.17, 15) is 9.59 Å². The molecule has 0 bridgehead atoms. The molecule has 0 aliphatic heterocycles. The lowest BCUT2D eigenvalue weighted by Gasteiger charge is -2.18. The van der Waals surface area contributed by atoms with E-state index in [1.54, 1.807) is 36.4 Å². The van der Waals surface area contributed by atoms with Gasteiger partial charge in [-0.2, -0.15) is 0 Å². The van der Waals surface area contributed by atoms with Crippen molar-refractivity contribution in [2.24, 2.45) is 0 Å². The van der Waals surface area contributed by atoms with Crippen LogP contribution in [0.5, 0.6) is 5.75 Å². The van der Waals surface area contributed by atoms with E-state index in [2.05, 4.69) is 13.2 Å². The van der Waals surface area contributed by atoms with Crippen molar-refractivity contribution in [1.82, 2.24) is 4.90 Å². The van der Waals surface area contributed by atoms with Gasteiger partial charge in [0.2, 0.25) is 0 Å². The van der Waals surface area contributed by atoms with E-state index in [1.807, 2.05) is 30.3 Å². The molecule has 140 valence electrons. The Morgan fingerprint density at radius 2 is 1.56 bits per heavy atom. The van der Waals surface area contributed by atoms with Gasteiger partial charge < -0.3 is 14.4 Å². The molecule has 0 aliphatic carbocycles. The molecule has 0 saturated carbocycles. The molecule has 5 nitrogen and oxygen atoms in total. The minimum atomic E-state index is -0.560. The molecule has 0 saturated heterocycles. The molecule has 0 radical (unpaired) electrons. The van der Waals surface area contributed by atoms with E-state index in [0.717, 1.165) is 5.56 Å². The van der Waals surface area contributed by atoms with Gasteiger partial charge in [0.25, 0.3) is 5.91 Å². The Morgan fingerprint density at radius 1 is 0.926 bits per heavy atom. The Morgan fingerprint density at radius 3 is 2.15 bits per heavy atom. The van der Waals surface area contributed by atoms with Gasteiger partial charge in [0.15, 0.2) is 6.61 Å². The van der Waals surface area contributed by atoms with Crippen LogP contribution in [0.25, 0.3) is 0 Å². The van der Waals surface area contributed by atoms with Crippen molar-refractivity contribution >= 4 is 11.9 Å². The van der Waals surface area contributed by atoms with Gasteiger partial charge in [0.1, 0.15) is 12.4 Å². The maximum absolute atomic E-state index is 12.1. The van der Waals surface area contributed by atoms with Crippen LogP contribution in [0.2, 0.25) is 0 Å². The fraction of sp³-hybridized carbons (Fsp3) is 0.182. The predicted octanol–water partition coefficient (Wildman–Crippen LogP) is 3.62. The highest BCUT2D eigenvalue weighted by molar-refractivity contribution is 5.91. The van der Waals surface area contributed by atoms with E-state index in [1.165, 1.54) is 4.90 Å². The highest BCUT2D eigenvalue weighted by Crippen LogP contribution is 2.15. The molecule has 1 amide bonds. The molecule has 5 heteroatoms. The average Bonchev–Trinajstić information content (AvgIpc) is 2.71. The smallest absolute Gasteiger partial charge is 0.338 e. The maximum Gasteiger partial charge on any atom is 0.338 e. The number of esters is 1. The molecule has 27 heavy (non-hydrogen) atoms. The number of nitrogens with zero attached hydrogens (tertiary/aromatic N) is 1.